The molecular weight excluding hydrogens is 402 g/mol. The molecule has 7 heteroatoms. The van der Waals surface area contributed by atoms with Crippen LogP contribution in [0.4, 0.5) is 0 Å². The third kappa shape index (κ3) is 3.70. The van der Waals surface area contributed by atoms with E-state index < -0.39 is 0 Å². The first-order valence-electron chi connectivity index (χ1n) is 10.6. The van der Waals surface area contributed by atoms with Crippen molar-refractivity contribution >= 4 is 22.6 Å². The van der Waals surface area contributed by atoms with Crippen molar-refractivity contribution in [3.8, 4) is 0 Å². The van der Waals surface area contributed by atoms with Crippen LogP contribution in [0.3, 0.4) is 0 Å². The second kappa shape index (κ2) is 8.00. The molecule has 2 aromatic heterocycles. The van der Waals surface area contributed by atoms with Gasteiger partial charge in [0.2, 0.25) is 0 Å². The molecule has 156 valence electrons. The number of benzene rings is 1. The molecule has 0 unspecified atom stereocenters. The lowest BCUT2D eigenvalue weighted by atomic mass is 9.88. The smallest absolute Gasteiger partial charge is 0.255 e. The van der Waals surface area contributed by atoms with Gasteiger partial charge in [-0.15, -0.1) is 0 Å². The molecule has 0 spiro atoms. The normalized spacial score (nSPS) is 17.9. The van der Waals surface area contributed by atoms with Crippen molar-refractivity contribution in [3.63, 3.8) is 0 Å². The molecule has 0 bridgehead atoms. The van der Waals surface area contributed by atoms with E-state index in [0.29, 0.717) is 52.5 Å². The van der Waals surface area contributed by atoms with Crippen molar-refractivity contribution in [2.45, 2.75) is 57.5 Å². The van der Waals surface area contributed by atoms with E-state index in [-0.39, 0.29) is 11.0 Å². The Balaban J connectivity index is 1.38. The number of fused-ring (bicyclic) bond motifs is 2. The number of aromatic nitrogens is 2. The van der Waals surface area contributed by atoms with Gasteiger partial charge in [0, 0.05) is 42.6 Å². The summed E-state index contributed by atoms with van der Waals surface area (Å²) in [5.74, 6) is 1.24. The quantitative estimate of drug-likeness (QED) is 0.682. The Morgan fingerprint density at radius 3 is 2.87 bits per heavy atom. The maximum Gasteiger partial charge on any atom is 0.255 e. The average Bonchev–Trinajstić information content (AvgIpc) is 2.77. The Hall–Kier alpha value is -2.44. The van der Waals surface area contributed by atoms with Gasteiger partial charge in [-0.2, -0.15) is 0 Å². The maximum atomic E-state index is 12.9. The summed E-state index contributed by atoms with van der Waals surface area (Å²) >= 11 is 6.04. The third-order valence-corrected chi connectivity index (χ3v) is 6.59. The standard InChI is InChI=1S/C23H24ClN3O3/c24-16-6-7-20-17(10-16)21(28)15(13-30-20)11-27-9-8-19-18(12-27)23(29)26-22(25-19)14-4-2-1-3-5-14/h6-7,10,13-14H,1-5,8-9,11-12H2,(H,25,26,29). The fraction of sp³-hybridized carbons (Fsp3) is 0.435. The number of aromatic amines is 1. The van der Waals surface area contributed by atoms with E-state index in [1.807, 2.05) is 0 Å². The fourth-order valence-electron chi connectivity index (χ4n) is 4.70. The lowest BCUT2D eigenvalue weighted by molar-refractivity contribution is 0.238. The van der Waals surface area contributed by atoms with Crippen molar-refractivity contribution in [3.05, 3.63) is 72.7 Å². The van der Waals surface area contributed by atoms with Gasteiger partial charge in [-0.05, 0) is 31.0 Å². The summed E-state index contributed by atoms with van der Waals surface area (Å²) in [4.78, 5) is 35.6. The maximum absolute atomic E-state index is 12.9. The Morgan fingerprint density at radius 1 is 1.20 bits per heavy atom. The Labute approximate surface area is 178 Å². The van der Waals surface area contributed by atoms with E-state index >= 15 is 0 Å². The molecule has 1 fully saturated rings. The van der Waals surface area contributed by atoms with Gasteiger partial charge in [-0.25, -0.2) is 4.98 Å². The van der Waals surface area contributed by atoms with Crippen molar-refractivity contribution in [1.29, 1.82) is 0 Å². The van der Waals surface area contributed by atoms with Crippen LogP contribution in [0.1, 0.15) is 60.7 Å². The van der Waals surface area contributed by atoms with Crippen molar-refractivity contribution < 1.29 is 4.42 Å². The minimum absolute atomic E-state index is 0.0393. The van der Waals surface area contributed by atoms with Gasteiger partial charge in [0.1, 0.15) is 11.4 Å². The van der Waals surface area contributed by atoms with E-state index in [4.69, 9.17) is 21.0 Å². The number of halogens is 1. The molecule has 1 N–H and O–H groups in total. The molecule has 6 nitrogen and oxygen atoms in total. The number of hydrogen-bond donors (Lipinski definition) is 1. The number of H-pyrrole nitrogens is 1. The summed E-state index contributed by atoms with van der Waals surface area (Å²) in [6, 6.07) is 5.04. The monoisotopic (exact) mass is 425 g/mol. The highest BCUT2D eigenvalue weighted by atomic mass is 35.5. The molecule has 1 aliphatic heterocycles. The van der Waals surface area contributed by atoms with E-state index in [2.05, 4.69) is 9.88 Å². The molecule has 3 aromatic rings. The molecule has 0 radical (unpaired) electrons. The highest BCUT2D eigenvalue weighted by Gasteiger charge is 2.25. The average molecular weight is 426 g/mol. The molecule has 0 atom stereocenters. The molecule has 0 saturated heterocycles. The second-order valence-electron chi connectivity index (χ2n) is 8.40. The number of nitrogens with one attached hydrogen (secondary N) is 1. The summed E-state index contributed by atoms with van der Waals surface area (Å²) in [5.41, 5.74) is 2.60. The van der Waals surface area contributed by atoms with E-state index in [1.54, 1.807) is 18.2 Å². The van der Waals surface area contributed by atoms with Crippen LogP contribution >= 0.6 is 11.6 Å². The van der Waals surface area contributed by atoms with Crippen LogP contribution in [-0.2, 0) is 19.5 Å². The predicted molar refractivity (Wildman–Crippen MR) is 116 cm³/mol. The highest BCUT2D eigenvalue weighted by molar-refractivity contribution is 6.31. The third-order valence-electron chi connectivity index (χ3n) is 6.36. The summed E-state index contributed by atoms with van der Waals surface area (Å²) in [6.45, 7) is 1.66. The first-order valence-corrected chi connectivity index (χ1v) is 11.0. The summed E-state index contributed by atoms with van der Waals surface area (Å²) in [5, 5.41) is 0.985. The molecule has 1 aliphatic carbocycles. The second-order valence-corrected chi connectivity index (χ2v) is 8.84. The Bertz CT molecular complexity index is 1210. The van der Waals surface area contributed by atoms with E-state index in [9.17, 15) is 9.59 Å². The van der Waals surface area contributed by atoms with Gasteiger partial charge >= 0.3 is 0 Å². The molecule has 5 rings (SSSR count). The zero-order valence-corrected chi connectivity index (χ0v) is 17.5. The van der Waals surface area contributed by atoms with Gasteiger partial charge in [0.25, 0.3) is 5.56 Å². The first kappa shape index (κ1) is 19.5. The molecule has 0 amide bonds. The topological polar surface area (TPSA) is 79.2 Å². The minimum Gasteiger partial charge on any atom is -0.464 e. The van der Waals surface area contributed by atoms with Crippen LogP contribution in [0, 0.1) is 0 Å². The number of nitrogens with zero attached hydrogens (tertiary/aromatic N) is 2. The molecule has 1 saturated carbocycles. The predicted octanol–water partition coefficient (Wildman–Crippen LogP) is 4.14. The van der Waals surface area contributed by atoms with Crippen molar-refractivity contribution in [2.75, 3.05) is 6.54 Å². The lowest BCUT2D eigenvalue weighted by Gasteiger charge is -2.28. The SMILES string of the molecule is O=c1[nH]c(C2CCCCC2)nc2c1CN(Cc1coc3ccc(Cl)cc3c1=O)CC2. The van der Waals surface area contributed by atoms with Gasteiger partial charge in [-0.3, -0.25) is 14.5 Å². The van der Waals surface area contributed by atoms with Gasteiger partial charge in [0.05, 0.1) is 22.9 Å². The van der Waals surface area contributed by atoms with Crippen LogP contribution in [-0.4, -0.2) is 21.4 Å². The van der Waals surface area contributed by atoms with Gasteiger partial charge in [0.15, 0.2) is 5.43 Å². The van der Waals surface area contributed by atoms with Gasteiger partial charge < -0.3 is 9.40 Å². The molecule has 1 aromatic carbocycles. The fourth-order valence-corrected chi connectivity index (χ4v) is 4.87. The zero-order valence-electron chi connectivity index (χ0n) is 16.7. The largest absolute Gasteiger partial charge is 0.464 e. The zero-order chi connectivity index (χ0) is 20.7. The molecule has 30 heavy (non-hydrogen) atoms. The Kier molecular flexibility index (Phi) is 5.21. The van der Waals surface area contributed by atoms with E-state index in [0.717, 1.165) is 30.9 Å². The molecular formula is C23H24ClN3O3. The van der Waals surface area contributed by atoms with Crippen LogP contribution in [0.25, 0.3) is 11.0 Å². The van der Waals surface area contributed by atoms with Crippen LogP contribution in [0.15, 0.2) is 38.5 Å². The van der Waals surface area contributed by atoms with Crippen molar-refractivity contribution in [1.82, 2.24) is 14.9 Å². The van der Waals surface area contributed by atoms with Crippen molar-refractivity contribution in [2.24, 2.45) is 0 Å². The number of rotatable bonds is 3. The molecule has 2 aliphatic rings. The summed E-state index contributed by atoms with van der Waals surface area (Å²) in [7, 11) is 0. The van der Waals surface area contributed by atoms with Crippen LogP contribution in [0.2, 0.25) is 5.02 Å². The number of hydrogen-bond acceptors (Lipinski definition) is 5. The van der Waals surface area contributed by atoms with E-state index in [1.165, 1.54) is 25.5 Å². The van der Waals surface area contributed by atoms with Gasteiger partial charge in [-0.1, -0.05) is 30.9 Å². The van der Waals surface area contributed by atoms with Crippen LogP contribution in [0.5, 0.6) is 0 Å². The minimum atomic E-state index is -0.0794. The highest BCUT2D eigenvalue weighted by Crippen LogP contribution is 2.31. The summed E-state index contributed by atoms with van der Waals surface area (Å²) in [6.07, 6.45) is 8.13. The first-order chi connectivity index (χ1) is 14.6. The Morgan fingerprint density at radius 2 is 2.03 bits per heavy atom. The van der Waals surface area contributed by atoms with Crippen LogP contribution < -0.4 is 11.0 Å². The lowest BCUT2D eigenvalue weighted by Crippen LogP contribution is -2.37. The molecule has 3 heterocycles. The summed E-state index contributed by atoms with van der Waals surface area (Å²) < 4.78 is 5.63.